The van der Waals surface area contributed by atoms with E-state index in [1.54, 1.807) is 6.20 Å². The Kier molecular flexibility index (Phi) is 7.81. The highest BCUT2D eigenvalue weighted by atomic mass is 32.1. The van der Waals surface area contributed by atoms with Gasteiger partial charge in [0.15, 0.2) is 0 Å². The summed E-state index contributed by atoms with van der Waals surface area (Å²) in [6.07, 6.45) is 4.22. The average molecular weight is 412 g/mol. The van der Waals surface area contributed by atoms with E-state index >= 15 is 0 Å². The third-order valence-corrected chi connectivity index (χ3v) is 4.78. The number of carbonyl (C=O) groups excluding carboxylic acids is 3. The minimum Gasteiger partial charge on any atom is -0.480 e. The predicted octanol–water partition coefficient (Wildman–Crippen LogP) is -2.11. The summed E-state index contributed by atoms with van der Waals surface area (Å²) in [5.41, 5.74) is 6.51. The highest BCUT2D eigenvalue weighted by Crippen LogP contribution is 2.17. The van der Waals surface area contributed by atoms with E-state index in [9.17, 15) is 19.2 Å². The van der Waals surface area contributed by atoms with Crippen LogP contribution in [-0.2, 0) is 25.6 Å². The van der Waals surface area contributed by atoms with Gasteiger partial charge in [-0.1, -0.05) is 0 Å². The van der Waals surface area contributed by atoms with Crippen molar-refractivity contribution in [2.75, 3.05) is 18.8 Å². The minimum atomic E-state index is -1.07. The Morgan fingerprint density at radius 1 is 1.39 bits per heavy atom. The lowest BCUT2D eigenvalue weighted by Gasteiger charge is -2.23. The Hall–Kier alpha value is -2.60. The van der Waals surface area contributed by atoms with Gasteiger partial charge in [-0.05, 0) is 12.8 Å². The Labute approximate surface area is 166 Å². The van der Waals surface area contributed by atoms with Gasteiger partial charge in [-0.3, -0.25) is 14.4 Å². The molecule has 12 heteroatoms. The van der Waals surface area contributed by atoms with Crippen LogP contribution in [0, 0.1) is 0 Å². The first-order valence-corrected chi connectivity index (χ1v) is 9.40. The maximum absolute atomic E-state index is 12.3. The van der Waals surface area contributed by atoms with Gasteiger partial charge in [0.2, 0.25) is 17.7 Å². The number of imidazole rings is 1. The van der Waals surface area contributed by atoms with Gasteiger partial charge in [0, 0.05) is 30.6 Å². The number of hydrogen-bond donors (Lipinski definition) is 6. The highest BCUT2D eigenvalue weighted by Gasteiger charge is 2.34. The summed E-state index contributed by atoms with van der Waals surface area (Å²) >= 11 is 4.05. The zero-order valence-corrected chi connectivity index (χ0v) is 16.0. The zero-order valence-electron chi connectivity index (χ0n) is 15.1. The number of likely N-dealkylation sites (tertiary alicyclic amines) is 1. The number of nitrogens with two attached hydrogens (primary N) is 1. The second kappa shape index (κ2) is 10.1. The molecule has 1 saturated heterocycles. The smallest absolute Gasteiger partial charge is 0.326 e. The van der Waals surface area contributed by atoms with Gasteiger partial charge in [-0.15, -0.1) is 0 Å². The van der Waals surface area contributed by atoms with Crippen LogP contribution < -0.4 is 16.4 Å². The van der Waals surface area contributed by atoms with E-state index in [0.29, 0.717) is 25.1 Å². The minimum absolute atomic E-state index is 0.00397. The molecule has 2 rings (SSSR count). The molecule has 1 aromatic heterocycles. The highest BCUT2D eigenvalue weighted by molar-refractivity contribution is 7.80. The van der Waals surface area contributed by atoms with Crippen molar-refractivity contribution in [3.63, 3.8) is 0 Å². The van der Waals surface area contributed by atoms with Crippen molar-refractivity contribution in [3.05, 3.63) is 18.2 Å². The molecule has 0 saturated carbocycles. The van der Waals surface area contributed by atoms with Gasteiger partial charge >= 0.3 is 5.97 Å². The number of aromatic amines is 1. The van der Waals surface area contributed by atoms with Crippen LogP contribution in [0.1, 0.15) is 18.5 Å². The number of aliphatic carboxylic acids is 1. The molecule has 154 valence electrons. The standard InChI is InChI=1S/C16H24N6O5S/c17-10(4-9-5-18-8-20-9)14(24)21-11(7-28)15(25)19-6-13(23)22-3-1-2-12(22)16(26)27/h5,8,10-12,28H,1-4,6-7,17H2,(H,18,20)(H,19,25)(H,21,24)(H,26,27). The van der Waals surface area contributed by atoms with Crippen molar-refractivity contribution in [2.45, 2.75) is 37.4 Å². The number of thiol groups is 1. The van der Waals surface area contributed by atoms with Crippen LogP contribution >= 0.6 is 12.6 Å². The quantitative estimate of drug-likeness (QED) is 0.252. The molecule has 0 aromatic carbocycles. The summed E-state index contributed by atoms with van der Waals surface area (Å²) in [5.74, 6) is -2.69. The van der Waals surface area contributed by atoms with Crippen molar-refractivity contribution in [3.8, 4) is 0 Å². The number of amides is 3. The average Bonchev–Trinajstić information content (AvgIpc) is 3.35. The van der Waals surface area contributed by atoms with Crippen LogP contribution in [0.2, 0.25) is 0 Å². The molecule has 28 heavy (non-hydrogen) atoms. The summed E-state index contributed by atoms with van der Waals surface area (Å²) in [4.78, 5) is 55.7. The van der Waals surface area contributed by atoms with Gasteiger partial charge in [0.05, 0.1) is 18.9 Å². The van der Waals surface area contributed by atoms with E-state index in [1.165, 1.54) is 11.2 Å². The van der Waals surface area contributed by atoms with Gasteiger partial charge in [-0.2, -0.15) is 12.6 Å². The predicted molar refractivity (Wildman–Crippen MR) is 101 cm³/mol. The molecule has 2 heterocycles. The molecule has 1 aliphatic rings. The molecule has 3 unspecified atom stereocenters. The van der Waals surface area contributed by atoms with Crippen LogP contribution in [0.5, 0.6) is 0 Å². The van der Waals surface area contributed by atoms with Crippen molar-refractivity contribution < 1.29 is 24.3 Å². The second-order valence-electron chi connectivity index (χ2n) is 6.43. The Balaban J connectivity index is 1.82. The van der Waals surface area contributed by atoms with Crippen molar-refractivity contribution in [2.24, 2.45) is 5.73 Å². The van der Waals surface area contributed by atoms with Gasteiger partial charge in [-0.25, -0.2) is 9.78 Å². The van der Waals surface area contributed by atoms with Crippen LogP contribution in [0.15, 0.2) is 12.5 Å². The van der Waals surface area contributed by atoms with Crippen LogP contribution in [-0.4, -0.2) is 80.6 Å². The van der Waals surface area contributed by atoms with Gasteiger partial charge in [0.1, 0.15) is 12.1 Å². The topological polar surface area (TPSA) is 171 Å². The monoisotopic (exact) mass is 412 g/mol. The molecular weight excluding hydrogens is 388 g/mol. The normalized spacial score (nSPS) is 18.4. The van der Waals surface area contributed by atoms with Gasteiger partial charge < -0.3 is 31.4 Å². The van der Waals surface area contributed by atoms with E-state index in [4.69, 9.17) is 10.8 Å². The zero-order chi connectivity index (χ0) is 20.7. The molecular formula is C16H24N6O5S. The van der Waals surface area contributed by atoms with Crippen molar-refractivity contribution >= 4 is 36.3 Å². The van der Waals surface area contributed by atoms with E-state index in [1.807, 2.05) is 0 Å². The Morgan fingerprint density at radius 2 is 2.14 bits per heavy atom. The maximum Gasteiger partial charge on any atom is 0.326 e. The number of aromatic nitrogens is 2. The summed E-state index contributed by atoms with van der Waals surface area (Å²) in [6.45, 7) is -0.0240. The first kappa shape index (κ1) is 21.7. The van der Waals surface area contributed by atoms with E-state index < -0.39 is 41.8 Å². The number of H-pyrrole nitrogens is 1. The van der Waals surface area contributed by atoms with Crippen molar-refractivity contribution in [1.82, 2.24) is 25.5 Å². The lowest BCUT2D eigenvalue weighted by atomic mass is 10.1. The second-order valence-corrected chi connectivity index (χ2v) is 6.80. The third kappa shape index (κ3) is 5.70. The number of rotatable bonds is 9. The summed E-state index contributed by atoms with van der Waals surface area (Å²) in [6, 6.07) is -2.74. The number of nitrogens with one attached hydrogen (secondary N) is 3. The van der Waals surface area contributed by atoms with Gasteiger partial charge in [0.25, 0.3) is 0 Å². The van der Waals surface area contributed by atoms with Crippen LogP contribution in [0.3, 0.4) is 0 Å². The maximum atomic E-state index is 12.3. The summed E-state index contributed by atoms with van der Waals surface area (Å²) in [7, 11) is 0. The third-order valence-electron chi connectivity index (χ3n) is 4.42. The number of carboxylic acid groups (broad SMARTS) is 1. The molecule has 0 spiro atoms. The molecule has 11 nitrogen and oxygen atoms in total. The molecule has 0 bridgehead atoms. The van der Waals surface area contributed by atoms with E-state index in [-0.39, 0.29) is 18.7 Å². The summed E-state index contributed by atoms with van der Waals surface area (Å²) < 4.78 is 0. The number of hydrogen-bond acceptors (Lipinski definition) is 7. The Bertz CT molecular complexity index is 712. The first-order chi connectivity index (χ1) is 13.3. The lowest BCUT2D eigenvalue weighted by molar-refractivity contribution is -0.148. The fourth-order valence-electron chi connectivity index (χ4n) is 2.91. The molecule has 1 aliphatic heterocycles. The van der Waals surface area contributed by atoms with Crippen LogP contribution in [0.4, 0.5) is 0 Å². The van der Waals surface area contributed by atoms with E-state index in [0.717, 1.165) is 0 Å². The fourth-order valence-corrected chi connectivity index (χ4v) is 3.17. The summed E-state index contributed by atoms with van der Waals surface area (Å²) in [5, 5.41) is 14.0. The van der Waals surface area contributed by atoms with Crippen molar-refractivity contribution in [1.29, 1.82) is 0 Å². The molecule has 3 amide bonds. The molecule has 1 fully saturated rings. The number of carboxylic acids is 1. The molecule has 6 N–H and O–H groups in total. The Morgan fingerprint density at radius 3 is 2.75 bits per heavy atom. The molecule has 1 aromatic rings. The number of nitrogens with zero attached hydrogens (tertiary/aromatic N) is 2. The lowest BCUT2D eigenvalue weighted by Crippen LogP contribution is -2.54. The molecule has 0 radical (unpaired) electrons. The van der Waals surface area contributed by atoms with E-state index in [2.05, 4.69) is 33.2 Å². The molecule has 0 aliphatic carbocycles. The van der Waals surface area contributed by atoms with Crippen LogP contribution in [0.25, 0.3) is 0 Å². The molecule has 3 atom stereocenters. The number of carbonyl (C=O) groups is 4. The largest absolute Gasteiger partial charge is 0.480 e. The SMILES string of the molecule is NC(Cc1cnc[nH]1)C(=O)NC(CS)C(=O)NCC(=O)N1CCCC1C(=O)O. The first-order valence-electron chi connectivity index (χ1n) is 8.77. The fraction of sp³-hybridized carbons (Fsp3) is 0.562.